The molecule has 1 aromatic rings. The van der Waals surface area contributed by atoms with E-state index < -0.39 is 21.6 Å². The highest BCUT2D eigenvalue weighted by atomic mass is 127. The first-order valence-electron chi connectivity index (χ1n) is 4.91. The van der Waals surface area contributed by atoms with Crippen LogP contribution in [0.2, 0.25) is 0 Å². The van der Waals surface area contributed by atoms with E-state index in [0.29, 0.717) is 4.47 Å². The van der Waals surface area contributed by atoms with Gasteiger partial charge in [0.15, 0.2) is 0 Å². The monoisotopic (exact) mass is 429 g/mol. The van der Waals surface area contributed by atoms with Gasteiger partial charge >= 0.3 is 5.97 Å². The molecule has 1 amide bonds. The Kier molecular flexibility index (Phi) is 6.00. The van der Waals surface area contributed by atoms with E-state index in [9.17, 15) is 14.0 Å². The average Bonchev–Trinajstić information content (AvgIpc) is 2.34. The molecule has 0 aromatic heterocycles. The van der Waals surface area contributed by atoms with Crippen LogP contribution >= 0.6 is 38.5 Å². The van der Waals surface area contributed by atoms with Crippen molar-refractivity contribution in [3.05, 3.63) is 34.1 Å². The molecule has 1 aromatic carbocycles. The first kappa shape index (κ1) is 15.4. The summed E-state index contributed by atoms with van der Waals surface area (Å²) >= 11 is 4.95. The van der Waals surface area contributed by atoms with Gasteiger partial charge in [-0.15, -0.1) is 0 Å². The van der Waals surface area contributed by atoms with E-state index in [1.165, 1.54) is 19.2 Å². The van der Waals surface area contributed by atoms with Gasteiger partial charge in [-0.25, -0.2) is 4.39 Å². The zero-order valence-corrected chi connectivity index (χ0v) is 13.1. The standard InChI is InChI=1S/C11H10BrFINO3/c1-18-11(17)8(14)5-15-10(16)9-6(12)3-2-4-7(9)13/h2-4,8H,5H2,1H3,(H,15,16). The highest BCUT2D eigenvalue weighted by Crippen LogP contribution is 2.19. The molecule has 1 unspecified atom stereocenters. The van der Waals surface area contributed by atoms with Crippen LogP contribution in [0.5, 0.6) is 0 Å². The second-order valence-electron chi connectivity index (χ2n) is 3.30. The van der Waals surface area contributed by atoms with Crippen LogP contribution in [-0.2, 0) is 9.53 Å². The molecule has 0 aliphatic carbocycles. The van der Waals surface area contributed by atoms with Crippen LogP contribution in [0, 0.1) is 5.82 Å². The van der Waals surface area contributed by atoms with E-state index in [1.54, 1.807) is 6.07 Å². The summed E-state index contributed by atoms with van der Waals surface area (Å²) < 4.78 is 17.8. The van der Waals surface area contributed by atoms with E-state index in [4.69, 9.17) is 0 Å². The second-order valence-corrected chi connectivity index (χ2v) is 5.66. The maximum Gasteiger partial charge on any atom is 0.320 e. The number of hydrogen-bond donors (Lipinski definition) is 1. The minimum absolute atomic E-state index is 0.0762. The summed E-state index contributed by atoms with van der Waals surface area (Å²) in [6.45, 7) is 0.0762. The predicted molar refractivity (Wildman–Crippen MR) is 76.3 cm³/mol. The zero-order valence-electron chi connectivity index (χ0n) is 9.38. The first-order chi connectivity index (χ1) is 8.47. The molecule has 0 heterocycles. The highest BCUT2D eigenvalue weighted by molar-refractivity contribution is 14.1. The van der Waals surface area contributed by atoms with Crippen molar-refractivity contribution in [2.75, 3.05) is 13.7 Å². The Morgan fingerprint density at radius 1 is 1.56 bits per heavy atom. The van der Waals surface area contributed by atoms with Crippen LogP contribution in [-0.4, -0.2) is 29.5 Å². The van der Waals surface area contributed by atoms with Crippen LogP contribution in [0.1, 0.15) is 10.4 Å². The van der Waals surface area contributed by atoms with E-state index in [1.807, 2.05) is 22.6 Å². The molecule has 0 saturated heterocycles. The number of methoxy groups -OCH3 is 1. The van der Waals surface area contributed by atoms with Crippen LogP contribution in [0.3, 0.4) is 0 Å². The number of amides is 1. The summed E-state index contributed by atoms with van der Waals surface area (Å²) in [6, 6.07) is 4.26. The van der Waals surface area contributed by atoms with Gasteiger partial charge in [-0.05, 0) is 28.1 Å². The van der Waals surface area contributed by atoms with E-state index in [0.717, 1.165) is 0 Å². The quantitative estimate of drug-likeness (QED) is 0.454. The maximum absolute atomic E-state index is 13.5. The summed E-state index contributed by atoms with van der Waals surface area (Å²) in [5.41, 5.74) is -0.0778. The third kappa shape index (κ3) is 3.91. The molecule has 1 rings (SSSR count). The fourth-order valence-electron chi connectivity index (χ4n) is 1.20. The number of carbonyl (C=O) groups excluding carboxylic acids is 2. The number of hydrogen-bond acceptors (Lipinski definition) is 3. The van der Waals surface area contributed by atoms with E-state index >= 15 is 0 Å². The van der Waals surface area contributed by atoms with Gasteiger partial charge in [-0.3, -0.25) is 9.59 Å². The molecule has 1 atom stereocenters. The van der Waals surface area contributed by atoms with Gasteiger partial charge in [0, 0.05) is 11.0 Å². The molecule has 0 fully saturated rings. The van der Waals surface area contributed by atoms with Crippen LogP contribution in [0.4, 0.5) is 4.39 Å². The van der Waals surface area contributed by atoms with Crippen molar-refractivity contribution in [2.45, 2.75) is 3.92 Å². The Labute approximate surface area is 126 Å². The van der Waals surface area contributed by atoms with Crippen molar-refractivity contribution >= 4 is 50.4 Å². The Balaban J connectivity index is 2.69. The lowest BCUT2D eigenvalue weighted by molar-refractivity contribution is -0.139. The first-order valence-corrected chi connectivity index (χ1v) is 6.95. The number of esters is 1. The molecule has 0 saturated carbocycles. The molecule has 0 aliphatic heterocycles. The Morgan fingerprint density at radius 3 is 2.78 bits per heavy atom. The number of benzene rings is 1. The normalized spacial score (nSPS) is 11.8. The molecule has 0 radical (unpaired) electrons. The molecule has 7 heteroatoms. The summed E-state index contributed by atoms with van der Waals surface area (Å²) in [5.74, 6) is -1.64. The van der Waals surface area contributed by atoms with Gasteiger partial charge in [0.1, 0.15) is 9.74 Å². The minimum Gasteiger partial charge on any atom is -0.468 e. The third-order valence-corrected chi connectivity index (χ3v) is 3.70. The lowest BCUT2D eigenvalue weighted by Gasteiger charge is -2.10. The molecule has 0 aliphatic rings. The van der Waals surface area contributed by atoms with Gasteiger partial charge in [0.05, 0.1) is 12.7 Å². The summed E-state index contributed by atoms with van der Waals surface area (Å²) in [6.07, 6.45) is 0. The molecule has 1 N–H and O–H groups in total. The average molecular weight is 430 g/mol. The lowest BCUT2D eigenvalue weighted by atomic mass is 10.2. The number of nitrogens with one attached hydrogen (secondary N) is 1. The lowest BCUT2D eigenvalue weighted by Crippen LogP contribution is -2.34. The number of ether oxygens (including phenoxy) is 1. The third-order valence-electron chi connectivity index (χ3n) is 2.09. The molecule has 4 nitrogen and oxygen atoms in total. The molecule has 18 heavy (non-hydrogen) atoms. The smallest absolute Gasteiger partial charge is 0.320 e. The van der Waals surface area contributed by atoms with Crippen LogP contribution < -0.4 is 5.32 Å². The SMILES string of the molecule is COC(=O)C(I)CNC(=O)c1c(F)cccc1Br. The van der Waals surface area contributed by atoms with Gasteiger partial charge in [0.25, 0.3) is 5.91 Å². The second kappa shape index (κ2) is 7.03. The summed E-state index contributed by atoms with van der Waals surface area (Å²) in [5, 5.41) is 2.48. The number of halogens is 3. The molecule has 0 bridgehead atoms. The van der Waals surface area contributed by atoms with Crippen molar-refractivity contribution in [3.63, 3.8) is 0 Å². The van der Waals surface area contributed by atoms with Crippen molar-refractivity contribution in [2.24, 2.45) is 0 Å². The molecule has 0 spiro atoms. The maximum atomic E-state index is 13.5. The van der Waals surface area contributed by atoms with E-state index in [2.05, 4.69) is 26.0 Å². The number of rotatable bonds is 4. The van der Waals surface area contributed by atoms with Crippen molar-refractivity contribution in [1.82, 2.24) is 5.32 Å². The largest absolute Gasteiger partial charge is 0.468 e. The Bertz CT molecular complexity index is 449. The number of alkyl halides is 1. The van der Waals surface area contributed by atoms with Gasteiger partial charge in [-0.2, -0.15) is 0 Å². The van der Waals surface area contributed by atoms with E-state index in [-0.39, 0.29) is 12.1 Å². The van der Waals surface area contributed by atoms with Crippen molar-refractivity contribution < 1.29 is 18.7 Å². The minimum atomic E-state index is -0.620. The summed E-state index contributed by atoms with van der Waals surface area (Å²) in [7, 11) is 1.27. The molecular formula is C11H10BrFINO3. The Hall–Kier alpha value is -0.700. The fraction of sp³-hybridized carbons (Fsp3) is 0.273. The molecule has 98 valence electrons. The Morgan fingerprint density at radius 2 is 2.22 bits per heavy atom. The van der Waals surface area contributed by atoms with Gasteiger partial charge in [0.2, 0.25) is 0 Å². The number of carbonyl (C=O) groups is 2. The predicted octanol–water partition coefficient (Wildman–Crippen LogP) is 2.29. The fourth-order valence-corrected chi connectivity index (χ4v) is 2.19. The van der Waals surface area contributed by atoms with Gasteiger partial charge in [-0.1, -0.05) is 28.7 Å². The zero-order chi connectivity index (χ0) is 13.7. The van der Waals surface area contributed by atoms with Crippen LogP contribution in [0.15, 0.2) is 22.7 Å². The topological polar surface area (TPSA) is 55.4 Å². The molecular weight excluding hydrogens is 420 g/mol. The van der Waals surface area contributed by atoms with Crippen molar-refractivity contribution in [3.8, 4) is 0 Å². The summed E-state index contributed by atoms with van der Waals surface area (Å²) in [4.78, 5) is 22.9. The van der Waals surface area contributed by atoms with Gasteiger partial charge < -0.3 is 10.1 Å². The van der Waals surface area contributed by atoms with Crippen molar-refractivity contribution in [1.29, 1.82) is 0 Å². The highest BCUT2D eigenvalue weighted by Gasteiger charge is 2.19. The van der Waals surface area contributed by atoms with Crippen LogP contribution in [0.25, 0.3) is 0 Å².